The van der Waals surface area contributed by atoms with E-state index in [1.165, 1.54) is 0 Å². The molecule has 21 heavy (non-hydrogen) atoms. The molecule has 0 aliphatic rings. The number of nitrogens with one attached hydrogen (secondary N) is 1. The van der Waals surface area contributed by atoms with Crippen molar-refractivity contribution in [2.75, 3.05) is 11.9 Å². The maximum Gasteiger partial charge on any atom is 0.291 e. The number of ether oxygens (including phenoxy) is 1. The number of para-hydroxylation sites is 2. The summed E-state index contributed by atoms with van der Waals surface area (Å²) in [6.45, 7) is 1.66. The predicted octanol–water partition coefficient (Wildman–Crippen LogP) is 1.97. The fraction of sp³-hybridized carbons (Fsp3) is 0.143. The normalized spacial score (nSPS) is 11.2. The Morgan fingerprint density at radius 2 is 2.14 bits per heavy atom. The van der Waals surface area contributed by atoms with Crippen molar-refractivity contribution in [3.63, 3.8) is 0 Å². The van der Waals surface area contributed by atoms with Crippen LogP contribution < -0.4 is 15.8 Å². The Morgan fingerprint density at radius 1 is 1.38 bits per heavy atom. The molecule has 1 heterocycles. The number of furan rings is 1. The van der Waals surface area contributed by atoms with Crippen LogP contribution in [0, 0.1) is 6.92 Å². The van der Waals surface area contributed by atoms with Crippen LogP contribution in [-0.4, -0.2) is 23.6 Å². The van der Waals surface area contributed by atoms with Crippen LogP contribution in [0.5, 0.6) is 5.75 Å². The lowest BCUT2D eigenvalue weighted by atomic mass is 10.3. The predicted molar refractivity (Wildman–Crippen MR) is 76.7 cm³/mol. The molecule has 1 amide bonds. The van der Waals surface area contributed by atoms with Crippen molar-refractivity contribution in [2.24, 2.45) is 10.9 Å². The number of anilines is 1. The van der Waals surface area contributed by atoms with Crippen LogP contribution in [0.4, 0.5) is 5.69 Å². The minimum absolute atomic E-state index is 0.0715. The summed E-state index contributed by atoms with van der Waals surface area (Å²) in [7, 11) is 0. The average molecular weight is 289 g/mol. The van der Waals surface area contributed by atoms with E-state index in [1.807, 2.05) is 0 Å². The Hall–Kier alpha value is -2.96. The molecule has 0 saturated heterocycles. The molecule has 0 spiro atoms. The van der Waals surface area contributed by atoms with Crippen LogP contribution in [0.25, 0.3) is 0 Å². The van der Waals surface area contributed by atoms with Crippen LogP contribution >= 0.6 is 0 Å². The van der Waals surface area contributed by atoms with E-state index < -0.39 is 0 Å². The Kier molecular flexibility index (Phi) is 4.45. The summed E-state index contributed by atoms with van der Waals surface area (Å²) in [5, 5.41) is 14.0. The summed E-state index contributed by atoms with van der Waals surface area (Å²) >= 11 is 0. The topological polar surface area (TPSA) is 110 Å². The smallest absolute Gasteiger partial charge is 0.291 e. The molecule has 1 aromatic heterocycles. The first-order chi connectivity index (χ1) is 10.1. The highest BCUT2D eigenvalue weighted by molar-refractivity contribution is 6.03. The van der Waals surface area contributed by atoms with Gasteiger partial charge < -0.3 is 25.4 Å². The summed E-state index contributed by atoms with van der Waals surface area (Å²) in [5.74, 6) is 0.803. The highest BCUT2D eigenvalue weighted by Gasteiger charge is 2.13. The van der Waals surface area contributed by atoms with Crippen molar-refractivity contribution >= 4 is 17.4 Å². The highest BCUT2D eigenvalue weighted by atomic mass is 16.5. The third-order valence-corrected chi connectivity index (χ3v) is 2.60. The van der Waals surface area contributed by atoms with Gasteiger partial charge in [0, 0.05) is 0 Å². The Labute approximate surface area is 121 Å². The molecule has 0 atom stereocenters. The van der Waals surface area contributed by atoms with Gasteiger partial charge >= 0.3 is 0 Å². The van der Waals surface area contributed by atoms with Crippen LogP contribution in [0.3, 0.4) is 0 Å². The van der Waals surface area contributed by atoms with Gasteiger partial charge in [0.25, 0.3) is 5.91 Å². The van der Waals surface area contributed by atoms with E-state index in [4.69, 9.17) is 20.1 Å². The van der Waals surface area contributed by atoms with Crippen molar-refractivity contribution in [3.05, 3.63) is 47.9 Å². The molecule has 110 valence electrons. The van der Waals surface area contributed by atoms with Gasteiger partial charge in [0.05, 0.1) is 5.69 Å². The van der Waals surface area contributed by atoms with Crippen molar-refractivity contribution < 1.29 is 19.2 Å². The number of carbonyl (C=O) groups excluding carboxylic acids is 1. The molecular formula is C14H15N3O4. The van der Waals surface area contributed by atoms with Gasteiger partial charge in [0.1, 0.15) is 18.1 Å². The van der Waals surface area contributed by atoms with E-state index in [-0.39, 0.29) is 24.1 Å². The van der Waals surface area contributed by atoms with Gasteiger partial charge in [-0.25, -0.2) is 0 Å². The third kappa shape index (κ3) is 3.75. The molecule has 7 heteroatoms. The van der Waals surface area contributed by atoms with Crippen LogP contribution in [0.15, 0.2) is 46.0 Å². The molecule has 0 saturated carbocycles. The number of amidine groups is 1. The lowest BCUT2D eigenvalue weighted by Crippen LogP contribution is -2.21. The van der Waals surface area contributed by atoms with Crippen molar-refractivity contribution in [1.82, 2.24) is 0 Å². The summed E-state index contributed by atoms with van der Waals surface area (Å²) in [5.41, 5.74) is 5.80. The molecule has 7 nitrogen and oxygen atoms in total. The van der Waals surface area contributed by atoms with Gasteiger partial charge in [-0.1, -0.05) is 17.3 Å². The summed E-state index contributed by atoms with van der Waals surface area (Å²) in [6.07, 6.45) is 0. The van der Waals surface area contributed by atoms with Gasteiger partial charge in [-0.3, -0.25) is 4.79 Å². The van der Waals surface area contributed by atoms with Gasteiger partial charge in [0.2, 0.25) is 0 Å². The zero-order valence-corrected chi connectivity index (χ0v) is 11.4. The van der Waals surface area contributed by atoms with Crippen molar-refractivity contribution in [2.45, 2.75) is 6.92 Å². The van der Waals surface area contributed by atoms with Gasteiger partial charge in [-0.15, -0.1) is 0 Å². The number of oxime groups is 1. The van der Waals surface area contributed by atoms with Gasteiger partial charge in [0.15, 0.2) is 11.6 Å². The quantitative estimate of drug-likeness (QED) is 0.337. The first-order valence-electron chi connectivity index (χ1n) is 6.16. The zero-order valence-electron chi connectivity index (χ0n) is 11.4. The fourth-order valence-electron chi connectivity index (χ4n) is 1.62. The number of aryl methyl sites for hydroxylation is 1. The minimum Gasteiger partial charge on any atom is -0.483 e. The molecule has 2 aromatic rings. The number of benzene rings is 1. The van der Waals surface area contributed by atoms with Crippen molar-refractivity contribution in [3.8, 4) is 5.75 Å². The molecule has 0 radical (unpaired) electrons. The van der Waals surface area contributed by atoms with E-state index in [9.17, 15) is 4.79 Å². The molecule has 0 aliphatic carbocycles. The second kappa shape index (κ2) is 6.47. The number of rotatable bonds is 5. The monoisotopic (exact) mass is 289 g/mol. The molecule has 0 unspecified atom stereocenters. The first kappa shape index (κ1) is 14.4. The Bertz CT molecular complexity index is 664. The lowest BCUT2D eigenvalue weighted by molar-refractivity contribution is 0.0995. The van der Waals surface area contributed by atoms with E-state index in [0.717, 1.165) is 0 Å². The maximum atomic E-state index is 12.0. The molecule has 1 aromatic carbocycles. The van der Waals surface area contributed by atoms with E-state index in [0.29, 0.717) is 17.2 Å². The standard InChI is InChI=1S/C14H15N3O4/c1-9-6-7-12(21-9)14(18)16-10-4-2-3-5-11(10)20-8-13(15)17-19/h2-7,19H,8H2,1H3,(H2,15,17)(H,16,18). The van der Waals surface area contributed by atoms with Crippen molar-refractivity contribution in [1.29, 1.82) is 0 Å². The summed E-state index contributed by atoms with van der Waals surface area (Å²) < 4.78 is 10.6. The number of hydrogen-bond donors (Lipinski definition) is 3. The number of nitrogens with zero attached hydrogens (tertiary/aromatic N) is 1. The fourth-order valence-corrected chi connectivity index (χ4v) is 1.62. The lowest BCUT2D eigenvalue weighted by Gasteiger charge is -2.11. The summed E-state index contributed by atoms with van der Waals surface area (Å²) in [6, 6.07) is 10.1. The zero-order chi connectivity index (χ0) is 15.2. The van der Waals surface area contributed by atoms with Crippen LogP contribution in [0.2, 0.25) is 0 Å². The van der Waals surface area contributed by atoms with Gasteiger partial charge in [-0.2, -0.15) is 0 Å². The third-order valence-electron chi connectivity index (χ3n) is 2.60. The Balaban J connectivity index is 2.11. The minimum atomic E-state index is -0.386. The molecular weight excluding hydrogens is 274 g/mol. The molecule has 4 N–H and O–H groups in total. The Morgan fingerprint density at radius 3 is 2.81 bits per heavy atom. The second-order valence-electron chi connectivity index (χ2n) is 4.24. The van der Waals surface area contributed by atoms with Gasteiger partial charge in [-0.05, 0) is 31.2 Å². The van der Waals surface area contributed by atoms with Crippen LogP contribution in [0.1, 0.15) is 16.3 Å². The molecule has 0 bridgehead atoms. The largest absolute Gasteiger partial charge is 0.483 e. The maximum absolute atomic E-state index is 12.0. The number of nitrogens with two attached hydrogens (primary N) is 1. The molecule has 0 fully saturated rings. The number of amides is 1. The molecule has 0 aliphatic heterocycles. The first-order valence-corrected chi connectivity index (χ1v) is 6.16. The number of carbonyl (C=O) groups is 1. The van der Waals surface area contributed by atoms with Crippen LogP contribution in [-0.2, 0) is 0 Å². The average Bonchev–Trinajstić information content (AvgIpc) is 2.92. The highest BCUT2D eigenvalue weighted by Crippen LogP contribution is 2.24. The van der Waals surface area contributed by atoms with E-state index in [2.05, 4.69) is 10.5 Å². The second-order valence-corrected chi connectivity index (χ2v) is 4.24. The van der Waals surface area contributed by atoms with E-state index in [1.54, 1.807) is 43.3 Å². The SMILES string of the molecule is Cc1ccc(C(=O)Nc2ccccc2OC/C(N)=N/O)o1. The summed E-state index contributed by atoms with van der Waals surface area (Å²) in [4.78, 5) is 12.0. The molecule has 2 rings (SSSR count). The number of hydrogen-bond acceptors (Lipinski definition) is 5. The van der Waals surface area contributed by atoms with E-state index >= 15 is 0 Å².